The molecule has 1 atom stereocenters. The van der Waals surface area contributed by atoms with E-state index in [-0.39, 0.29) is 6.04 Å². The van der Waals surface area contributed by atoms with Crippen molar-refractivity contribution in [2.45, 2.75) is 26.3 Å². The topological polar surface area (TPSA) is 66.0 Å². The van der Waals surface area contributed by atoms with E-state index >= 15 is 0 Å². The fourth-order valence-electron chi connectivity index (χ4n) is 1.64. The van der Waals surface area contributed by atoms with Crippen LogP contribution in [0, 0.1) is 0 Å². The second-order valence-corrected chi connectivity index (χ2v) is 4.03. The van der Waals surface area contributed by atoms with Crippen molar-refractivity contribution in [2.24, 2.45) is 5.73 Å². The van der Waals surface area contributed by atoms with Crippen molar-refractivity contribution < 1.29 is 4.74 Å². The SMILES string of the molecule is CCOc1ccc(-n2cc(C(N)CC)nn2)cc1. The number of nitrogens with two attached hydrogens (primary N) is 1. The molecule has 0 aliphatic carbocycles. The van der Waals surface area contributed by atoms with Crippen molar-refractivity contribution in [3.8, 4) is 11.4 Å². The van der Waals surface area contributed by atoms with Gasteiger partial charge in [-0.2, -0.15) is 0 Å². The third kappa shape index (κ3) is 2.68. The Morgan fingerprint density at radius 3 is 2.61 bits per heavy atom. The Morgan fingerprint density at radius 1 is 1.28 bits per heavy atom. The van der Waals surface area contributed by atoms with E-state index < -0.39 is 0 Å². The molecule has 0 bridgehead atoms. The lowest BCUT2D eigenvalue weighted by Crippen LogP contribution is -2.08. The summed E-state index contributed by atoms with van der Waals surface area (Å²) in [6.45, 7) is 4.66. The molecule has 0 saturated carbocycles. The highest BCUT2D eigenvalue weighted by molar-refractivity contribution is 5.36. The zero-order chi connectivity index (χ0) is 13.0. The van der Waals surface area contributed by atoms with Gasteiger partial charge in [-0.1, -0.05) is 12.1 Å². The maximum atomic E-state index is 5.91. The second kappa shape index (κ2) is 5.64. The van der Waals surface area contributed by atoms with Gasteiger partial charge in [0, 0.05) is 0 Å². The number of nitrogens with zero attached hydrogens (tertiary/aromatic N) is 3. The van der Waals surface area contributed by atoms with Crippen LogP contribution in [0.15, 0.2) is 30.5 Å². The predicted molar refractivity (Wildman–Crippen MR) is 69.7 cm³/mol. The Labute approximate surface area is 107 Å². The fraction of sp³-hybridized carbons (Fsp3) is 0.385. The minimum absolute atomic E-state index is 0.0542. The lowest BCUT2D eigenvalue weighted by atomic mass is 10.2. The van der Waals surface area contributed by atoms with E-state index in [4.69, 9.17) is 10.5 Å². The van der Waals surface area contributed by atoms with Gasteiger partial charge in [0.05, 0.1) is 30.2 Å². The summed E-state index contributed by atoms with van der Waals surface area (Å²) >= 11 is 0. The van der Waals surface area contributed by atoms with E-state index in [1.807, 2.05) is 44.3 Å². The number of benzene rings is 1. The van der Waals surface area contributed by atoms with Crippen LogP contribution in [-0.2, 0) is 0 Å². The average molecular weight is 246 g/mol. The maximum absolute atomic E-state index is 5.91. The monoisotopic (exact) mass is 246 g/mol. The molecule has 1 aromatic carbocycles. The van der Waals surface area contributed by atoms with Crippen LogP contribution in [0.4, 0.5) is 0 Å². The lowest BCUT2D eigenvalue weighted by Gasteiger charge is -2.04. The molecule has 5 heteroatoms. The predicted octanol–water partition coefficient (Wildman–Crippen LogP) is 2.08. The van der Waals surface area contributed by atoms with Crippen LogP contribution in [-0.4, -0.2) is 21.6 Å². The van der Waals surface area contributed by atoms with Gasteiger partial charge in [0.25, 0.3) is 0 Å². The zero-order valence-corrected chi connectivity index (χ0v) is 10.7. The van der Waals surface area contributed by atoms with E-state index in [9.17, 15) is 0 Å². The van der Waals surface area contributed by atoms with Crippen molar-refractivity contribution in [2.75, 3.05) is 6.61 Å². The molecular weight excluding hydrogens is 228 g/mol. The molecule has 0 saturated heterocycles. The summed E-state index contributed by atoms with van der Waals surface area (Å²) in [6.07, 6.45) is 2.71. The first kappa shape index (κ1) is 12.6. The number of ether oxygens (including phenoxy) is 1. The van der Waals surface area contributed by atoms with Crippen LogP contribution in [0.2, 0.25) is 0 Å². The minimum Gasteiger partial charge on any atom is -0.494 e. The molecule has 2 aromatic rings. The molecule has 0 spiro atoms. The smallest absolute Gasteiger partial charge is 0.119 e. The van der Waals surface area contributed by atoms with Gasteiger partial charge in [0.15, 0.2) is 0 Å². The largest absolute Gasteiger partial charge is 0.494 e. The summed E-state index contributed by atoms with van der Waals surface area (Å²) in [5, 5.41) is 8.16. The quantitative estimate of drug-likeness (QED) is 0.877. The molecule has 0 aliphatic heterocycles. The Balaban J connectivity index is 2.18. The van der Waals surface area contributed by atoms with Gasteiger partial charge in [-0.05, 0) is 37.6 Å². The number of rotatable bonds is 5. The molecule has 1 heterocycles. The van der Waals surface area contributed by atoms with E-state index in [1.54, 1.807) is 4.68 Å². The highest BCUT2D eigenvalue weighted by atomic mass is 16.5. The Hall–Kier alpha value is -1.88. The van der Waals surface area contributed by atoms with Gasteiger partial charge in [-0.3, -0.25) is 0 Å². The van der Waals surface area contributed by atoms with Crippen molar-refractivity contribution in [3.63, 3.8) is 0 Å². The van der Waals surface area contributed by atoms with E-state index in [2.05, 4.69) is 10.3 Å². The van der Waals surface area contributed by atoms with Crippen molar-refractivity contribution in [1.82, 2.24) is 15.0 Å². The molecule has 18 heavy (non-hydrogen) atoms. The molecule has 0 amide bonds. The summed E-state index contributed by atoms with van der Waals surface area (Å²) < 4.78 is 7.12. The van der Waals surface area contributed by atoms with Crippen LogP contribution >= 0.6 is 0 Å². The van der Waals surface area contributed by atoms with Crippen LogP contribution in [0.5, 0.6) is 5.75 Å². The van der Waals surface area contributed by atoms with E-state index in [1.165, 1.54) is 0 Å². The zero-order valence-electron chi connectivity index (χ0n) is 10.7. The number of hydrogen-bond donors (Lipinski definition) is 1. The number of aromatic nitrogens is 3. The summed E-state index contributed by atoms with van der Waals surface area (Å²) in [6, 6.07) is 7.67. The third-order valence-corrected chi connectivity index (χ3v) is 2.74. The Bertz CT molecular complexity index is 492. The van der Waals surface area contributed by atoms with E-state index in [0.29, 0.717) is 6.61 Å². The summed E-state index contributed by atoms with van der Waals surface area (Å²) in [5.41, 5.74) is 7.67. The molecule has 2 N–H and O–H groups in total. The molecule has 0 fully saturated rings. The molecule has 96 valence electrons. The van der Waals surface area contributed by atoms with Gasteiger partial charge in [0.2, 0.25) is 0 Å². The normalized spacial score (nSPS) is 12.4. The average Bonchev–Trinajstić information content (AvgIpc) is 2.89. The molecule has 2 rings (SSSR count). The first-order valence-electron chi connectivity index (χ1n) is 6.15. The lowest BCUT2D eigenvalue weighted by molar-refractivity contribution is 0.340. The van der Waals surface area contributed by atoms with Gasteiger partial charge in [0.1, 0.15) is 5.75 Å². The third-order valence-electron chi connectivity index (χ3n) is 2.74. The molecule has 1 aromatic heterocycles. The van der Waals surface area contributed by atoms with Gasteiger partial charge >= 0.3 is 0 Å². The van der Waals surface area contributed by atoms with E-state index in [0.717, 1.165) is 23.6 Å². The summed E-state index contributed by atoms with van der Waals surface area (Å²) in [7, 11) is 0. The van der Waals surface area contributed by atoms with Crippen LogP contribution in [0.25, 0.3) is 5.69 Å². The van der Waals surface area contributed by atoms with Crippen LogP contribution in [0.3, 0.4) is 0 Å². The van der Waals surface area contributed by atoms with Gasteiger partial charge in [-0.15, -0.1) is 5.10 Å². The standard InChI is InChI=1S/C13H18N4O/c1-3-12(14)13-9-17(16-15-13)10-5-7-11(8-6-10)18-4-2/h5-9,12H,3-4,14H2,1-2H3. The highest BCUT2D eigenvalue weighted by Gasteiger charge is 2.09. The Morgan fingerprint density at radius 2 is 2.00 bits per heavy atom. The highest BCUT2D eigenvalue weighted by Crippen LogP contribution is 2.16. The molecule has 0 aliphatic rings. The van der Waals surface area contributed by atoms with Crippen molar-refractivity contribution >= 4 is 0 Å². The Kier molecular flexibility index (Phi) is 3.94. The van der Waals surface area contributed by atoms with Gasteiger partial charge in [-0.25, -0.2) is 4.68 Å². The van der Waals surface area contributed by atoms with Crippen LogP contribution < -0.4 is 10.5 Å². The maximum Gasteiger partial charge on any atom is 0.119 e. The molecule has 5 nitrogen and oxygen atoms in total. The van der Waals surface area contributed by atoms with Gasteiger partial charge < -0.3 is 10.5 Å². The first-order valence-corrected chi connectivity index (χ1v) is 6.15. The second-order valence-electron chi connectivity index (χ2n) is 4.03. The summed E-state index contributed by atoms with van der Waals surface area (Å²) in [4.78, 5) is 0. The van der Waals surface area contributed by atoms with Crippen LogP contribution in [0.1, 0.15) is 32.0 Å². The fourth-order valence-corrected chi connectivity index (χ4v) is 1.64. The van der Waals surface area contributed by atoms with Crippen molar-refractivity contribution in [1.29, 1.82) is 0 Å². The molecular formula is C13H18N4O. The molecule has 0 radical (unpaired) electrons. The molecule has 1 unspecified atom stereocenters. The summed E-state index contributed by atoms with van der Waals surface area (Å²) in [5.74, 6) is 0.854. The number of hydrogen-bond acceptors (Lipinski definition) is 4. The van der Waals surface area contributed by atoms with Crippen molar-refractivity contribution in [3.05, 3.63) is 36.2 Å². The minimum atomic E-state index is -0.0542. The first-order chi connectivity index (χ1) is 8.74.